The first-order chi connectivity index (χ1) is 9.02. The van der Waals surface area contributed by atoms with Crippen molar-refractivity contribution in [2.24, 2.45) is 5.92 Å². The molecule has 5 heteroatoms. The molecule has 2 unspecified atom stereocenters. The second kappa shape index (κ2) is 5.57. The lowest BCUT2D eigenvalue weighted by atomic mass is 9.95. The Morgan fingerprint density at radius 3 is 2.89 bits per heavy atom. The van der Waals surface area contributed by atoms with Crippen LogP contribution < -0.4 is 5.73 Å². The molecule has 1 fully saturated rings. The molecule has 1 saturated heterocycles. The molecule has 2 N–H and O–H groups in total. The minimum Gasteiger partial charge on any atom is -0.396 e. The van der Waals surface area contributed by atoms with Crippen molar-refractivity contribution in [2.75, 3.05) is 25.9 Å². The first-order valence-corrected chi connectivity index (χ1v) is 6.40. The van der Waals surface area contributed by atoms with Crippen LogP contribution in [0.4, 0.5) is 10.1 Å². The second-order valence-electron chi connectivity index (χ2n) is 5.03. The number of carbonyl (C=O) groups excluding carboxylic acids is 1. The van der Waals surface area contributed by atoms with Crippen LogP contribution in [0.5, 0.6) is 0 Å². The van der Waals surface area contributed by atoms with Crippen LogP contribution in [0.25, 0.3) is 0 Å². The molecule has 1 aliphatic rings. The molecule has 0 aromatic heterocycles. The number of nitrogens with zero attached hydrogens (tertiary/aromatic N) is 1. The van der Waals surface area contributed by atoms with Gasteiger partial charge in [-0.05, 0) is 30.5 Å². The van der Waals surface area contributed by atoms with Crippen molar-refractivity contribution < 1.29 is 13.9 Å². The van der Waals surface area contributed by atoms with Crippen molar-refractivity contribution in [3.63, 3.8) is 0 Å². The Labute approximate surface area is 112 Å². The van der Waals surface area contributed by atoms with E-state index in [1.54, 1.807) is 18.1 Å². The number of rotatable bonds is 2. The van der Waals surface area contributed by atoms with Gasteiger partial charge < -0.3 is 15.4 Å². The van der Waals surface area contributed by atoms with Crippen LogP contribution in [0.1, 0.15) is 23.7 Å². The van der Waals surface area contributed by atoms with Gasteiger partial charge in [-0.2, -0.15) is 0 Å². The Bertz CT molecular complexity index is 479. The summed E-state index contributed by atoms with van der Waals surface area (Å²) in [5.41, 5.74) is 5.79. The molecular formula is C14H19FN2O2. The van der Waals surface area contributed by atoms with Crippen LogP contribution in [-0.2, 0) is 4.74 Å². The third-order valence-corrected chi connectivity index (χ3v) is 3.73. The number of nitrogens with two attached hydrogens (primary N) is 1. The first-order valence-electron chi connectivity index (χ1n) is 6.40. The number of methoxy groups -OCH3 is 1. The molecule has 104 valence electrons. The number of benzene rings is 1. The maximum Gasteiger partial charge on any atom is 0.254 e. The number of hydrogen-bond acceptors (Lipinski definition) is 3. The second-order valence-corrected chi connectivity index (χ2v) is 5.03. The highest BCUT2D eigenvalue weighted by Gasteiger charge is 2.29. The summed E-state index contributed by atoms with van der Waals surface area (Å²) in [6.07, 6.45) is 0.929. The summed E-state index contributed by atoms with van der Waals surface area (Å²) >= 11 is 0. The van der Waals surface area contributed by atoms with Crippen molar-refractivity contribution in [3.05, 3.63) is 29.6 Å². The van der Waals surface area contributed by atoms with Crippen molar-refractivity contribution in [3.8, 4) is 0 Å². The molecule has 1 aliphatic heterocycles. The Morgan fingerprint density at radius 2 is 2.26 bits per heavy atom. The third kappa shape index (κ3) is 2.87. The summed E-state index contributed by atoms with van der Waals surface area (Å²) < 4.78 is 18.8. The van der Waals surface area contributed by atoms with Gasteiger partial charge in [0, 0.05) is 25.8 Å². The number of hydrogen-bond donors (Lipinski definition) is 1. The molecule has 0 saturated carbocycles. The summed E-state index contributed by atoms with van der Waals surface area (Å²) in [6, 6.07) is 4.17. The molecule has 1 heterocycles. The van der Waals surface area contributed by atoms with Gasteiger partial charge in [0.15, 0.2) is 0 Å². The van der Waals surface area contributed by atoms with Gasteiger partial charge in [-0.1, -0.05) is 6.92 Å². The van der Waals surface area contributed by atoms with E-state index in [4.69, 9.17) is 10.5 Å². The summed E-state index contributed by atoms with van der Waals surface area (Å²) in [5.74, 6) is -0.301. The SMILES string of the molecule is COC1CN(C(=O)c2ccc(N)c(F)c2)CCC1C. The van der Waals surface area contributed by atoms with E-state index in [2.05, 4.69) is 6.92 Å². The molecule has 0 radical (unpaired) electrons. The van der Waals surface area contributed by atoms with Crippen LogP contribution in [0.2, 0.25) is 0 Å². The quantitative estimate of drug-likeness (QED) is 0.832. The van der Waals surface area contributed by atoms with E-state index in [1.807, 2.05) is 0 Å². The fraction of sp³-hybridized carbons (Fsp3) is 0.500. The van der Waals surface area contributed by atoms with Gasteiger partial charge in [-0.25, -0.2) is 4.39 Å². The van der Waals surface area contributed by atoms with E-state index in [0.717, 1.165) is 6.42 Å². The third-order valence-electron chi connectivity index (χ3n) is 3.73. The lowest BCUT2D eigenvalue weighted by Gasteiger charge is -2.36. The summed E-state index contributed by atoms with van der Waals surface area (Å²) in [7, 11) is 1.65. The van der Waals surface area contributed by atoms with Crippen molar-refractivity contribution >= 4 is 11.6 Å². The fourth-order valence-corrected chi connectivity index (χ4v) is 2.37. The normalized spacial score (nSPS) is 23.4. The van der Waals surface area contributed by atoms with E-state index in [1.165, 1.54) is 12.1 Å². The van der Waals surface area contributed by atoms with Gasteiger partial charge in [0.05, 0.1) is 11.8 Å². The number of carbonyl (C=O) groups is 1. The minimum atomic E-state index is -0.556. The lowest BCUT2D eigenvalue weighted by Crippen LogP contribution is -2.46. The number of likely N-dealkylation sites (tertiary alicyclic amines) is 1. The average Bonchev–Trinajstić information content (AvgIpc) is 2.41. The highest BCUT2D eigenvalue weighted by Crippen LogP contribution is 2.22. The number of halogens is 1. The smallest absolute Gasteiger partial charge is 0.254 e. The highest BCUT2D eigenvalue weighted by molar-refractivity contribution is 5.94. The zero-order valence-electron chi connectivity index (χ0n) is 11.2. The molecule has 1 aromatic carbocycles. The zero-order chi connectivity index (χ0) is 14.0. The van der Waals surface area contributed by atoms with E-state index >= 15 is 0 Å². The van der Waals surface area contributed by atoms with Gasteiger partial charge in [0.1, 0.15) is 5.82 Å². The largest absolute Gasteiger partial charge is 0.396 e. The van der Waals surface area contributed by atoms with E-state index in [9.17, 15) is 9.18 Å². The number of piperidine rings is 1. The van der Waals surface area contributed by atoms with E-state index in [-0.39, 0.29) is 17.7 Å². The van der Waals surface area contributed by atoms with Crippen LogP contribution >= 0.6 is 0 Å². The summed E-state index contributed by atoms with van der Waals surface area (Å²) in [6.45, 7) is 3.33. The Morgan fingerprint density at radius 1 is 1.53 bits per heavy atom. The molecule has 19 heavy (non-hydrogen) atoms. The van der Waals surface area contributed by atoms with Crippen molar-refractivity contribution in [2.45, 2.75) is 19.4 Å². The van der Waals surface area contributed by atoms with Crippen LogP contribution in [0.3, 0.4) is 0 Å². The van der Waals surface area contributed by atoms with Gasteiger partial charge in [0.25, 0.3) is 5.91 Å². The van der Waals surface area contributed by atoms with Crippen LogP contribution in [-0.4, -0.2) is 37.1 Å². The van der Waals surface area contributed by atoms with E-state index in [0.29, 0.717) is 24.6 Å². The molecule has 1 amide bonds. The fourth-order valence-electron chi connectivity index (χ4n) is 2.37. The summed E-state index contributed by atoms with van der Waals surface area (Å²) in [5, 5.41) is 0. The van der Waals surface area contributed by atoms with Gasteiger partial charge in [-0.15, -0.1) is 0 Å². The molecule has 2 atom stereocenters. The monoisotopic (exact) mass is 266 g/mol. The predicted molar refractivity (Wildman–Crippen MR) is 71.3 cm³/mol. The Balaban J connectivity index is 2.13. The minimum absolute atomic E-state index is 0.0383. The molecule has 4 nitrogen and oxygen atoms in total. The Kier molecular flexibility index (Phi) is 4.04. The van der Waals surface area contributed by atoms with Crippen molar-refractivity contribution in [1.82, 2.24) is 4.90 Å². The average molecular weight is 266 g/mol. The Hall–Kier alpha value is -1.62. The van der Waals surface area contributed by atoms with Crippen molar-refractivity contribution in [1.29, 1.82) is 0 Å². The van der Waals surface area contributed by atoms with E-state index < -0.39 is 5.82 Å². The standard InChI is InChI=1S/C14H19FN2O2/c1-9-5-6-17(8-13(9)19-2)14(18)10-3-4-12(16)11(15)7-10/h3-4,7,9,13H,5-6,8,16H2,1-2H3. The molecule has 0 bridgehead atoms. The molecule has 1 aromatic rings. The molecule has 2 rings (SSSR count). The number of nitrogen functional groups attached to an aromatic ring is 1. The first kappa shape index (κ1) is 13.8. The lowest BCUT2D eigenvalue weighted by molar-refractivity contribution is -0.00157. The molecule has 0 spiro atoms. The van der Waals surface area contributed by atoms with Crippen LogP contribution in [0.15, 0.2) is 18.2 Å². The number of amides is 1. The van der Waals surface area contributed by atoms with Gasteiger partial charge >= 0.3 is 0 Å². The van der Waals surface area contributed by atoms with Gasteiger partial charge in [0.2, 0.25) is 0 Å². The predicted octanol–water partition coefficient (Wildman–Crippen LogP) is 1.90. The highest BCUT2D eigenvalue weighted by atomic mass is 19.1. The number of ether oxygens (including phenoxy) is 1. The van der Waals surface area contributed by atoms with Gasteiger partial charge in [-0.3, -0.25) is 4.79 Å². The molecule has 0 aliphatic carbocycles. The maximum atomic E-state index is 13.4. The number of anilines is 1. The van der Waals surface area contributed by atoms with Crippen LogP contribution in [0, 0.1) is 11.7 Å². The zero-order valence-corrected chi connectivity index (χ0v) is 11.2. The summed E-state index contributed by atoms with van der Waals surface area (Å²) in [4.78, 5) is 14.0. The molecular weight excluding hydrogens is 247 g/mol. The topological polar surface area (TPSA) is 55.6 Å². The maximum absolute atomic E-state index is 13.4.